The van der Waals surface area contributed by atoms with E-state index in [2.05, 4.69) is 11.4 Å². The average molecular weight is 773 g/mol. The van der Waals surface area contributed by atoms with Crippen molar-refractivity contribution in [3.05, 3.63) is 93.2 Å². The smallest absolute Gasteiger partial charge is 0.416 e. The number of aliphatic hydroxyl groups excluding tert-OH is 1. The third-order valence-corrected chi connectivity index (χ3v) is 11.6. The van der Waals surface area contributed by atoms with Gasteiger partial charge in [-0.05, 0) is 126 Å². The fourth-order valence-corrected chi connectivity index (χ4v) is 8.34. The van der Waals surface area contributed by atoms with Crippen molar-refractivity contribution in [3.8, 4) is 11.3 Å². The summed E-state index contributed by atoms with van der Waals surface area (Å²) < 4.78 is 51.9. The fourth-order valence-electron chi connectivity index (χ4n) is 8.13. The molecular formula is C42H52ClF3N2O6. The molecule has 0 radical (unpaired) electrons. The molecule has 2 aromatic carbocycles. The van der Waals surface area contributed by atoms with Gasteiger partial charge in [-0.3, -0.25) is 4.79 Å². The number of halogens is 4. The number of fused-ring (bicyclic) bond motifs is 8. The molecule has 8 nitrogen and oxygen atoms in total. The second-order valence-corrected chi connectivity index (χ2v) is 15.9. The maximum absolute atomic E-state index is 14.5. The Morgan fingerprint density at radius 2 is 1.87 bits per heavy atom. The van der Waals surface area contributed by atoms with Crippen molar-refractivity contribution >= 4 is 23.4 Å². The molecule has 3 N–H and O–H groups in total. The van der Waals surface area contributed by atoms with Crippen LogP contribution < -0.4 is 5.32 Å². The largest absolute Gasteiger partial charge is 0.453 e. The molecule has 3 aliphatic rings. The minimum atomic E-state index is -4.60. The Hall–Kier alpha value is -3.64. The summed E-state index contributed by atoms with van der Waals surface area (Å²) in [5.74, 6) is -0.867. The van der Waals surface area contributed by atoms with Crippen LogP contribution in [0.1, 0.15) is 111 Å². The van der Waals surface area contributed by atoms with Crippen molar-refractivity contribution in [1.82, 2.24) is 10.2 Å². The molecule has 0 saturated heterocycles. The van der Waals surface area contributed by atoms with Crippen LogP contribution in [0.5, 0.6) is 0 Å². The van der Waals surface area contributed by atoms with E-state index in [0.717, 1.165) is 29.3 Å². The zero-order valence-electron chi connectivity index (χ0n) is 31.7. The van der Waals surface area contributed by atoms with E-state index in [9.17, 15) is 33.0 Å². The number of ether oxygens (including phenoxy) is 1. The number of allylic oxidation sites excluding steroid dienone is 2. The van der Waals surface area contributed by atoms with Crippen molar-refractivity contribution in [1.29, 1.82) is 0 Å². The van der Waals surface area contributed by atoms with Crippen molar-refractivity contribution in [2.75, 3.05) is 26.8 Å². The molecule has 6 rings (SSSR count). The first-order valence-electron chi connectivity index (χ1n) is 18.7. The summed E-state index contributed by atoms with van der Waals surface area (Å²) in [5, 5.41) is 26.8. The van der Waals surface area contributed by atoms with Crippen molar-refractivity contribution in [2.45, 2.75) is 109 Å². The summed E-state index contributed by atoms with van der Waals surface area (Å²) in [4.78, 5) is 29.7. The quantitative estimate of drug-likeness (QED) is 0.108. The minimum Gasteiger partial charge on any atom is -0.453 e. The highest BCUT2D eigenvalue weighted by Crippen LogP contribution is 2.59. The average Bonchev–Trinajstić information content (AvgIpc) is 3.69. The molecular weight excluding hydrogens is 721 g/mol. The van der Waals surface area contributed by atoms with Crippen LogP contribution in [0.4, 0.5) is 18.0 Å². The van der Waals surface area contributed by atoms with E-state index in [1.807, 2.05) is 39.8 Å². The molecule has 0 unspecified atom stereocenters. The topological polar surface area (TPSA) is 112 Å². The Kier molecular flexibility index (Phi) is 13.1. The predicted molar refractivity (Wildman–Crippen MR) is 203 cm³/mol. The molecule has 0 aliphatic heterocycles. The van der Waals surface area contributed by atoms with Gasteiger partial charge in [0.15, 0.2) is 5.76 Å². The second-order valence-electron chi connectivity index (χ2n) is 15.5. The summed E-state index contributed by atoms with van der Waals surface area (Å²) in [7, 11) is 1.61. The van der Waals surface area contributed by atoms with E-state index >= 15 is 0 Å². The first-order chi connectivity index (χ1) is 25.5. The number of rotatable bonds is 10. The van der Waals surface area contributed by atoms with Gasteiger partial charge in [-0.15, -0.1) is 0 Å². The van der Waals surface area contributed by atoms with Crippen LogP contribution in [0.3, 0.4) is 0 Å². The molecule has 1 fully saturated rings. The lowest BCUT2D eigenvalue weighted by Gasteiger charge is -2.46. The number of nitrogens with one attached hydrogen (secondary N) is 1. The molecule has 0 spiro atoms. The summed E-state index contributed by atoms with van der Waals surface area (Å²) in [6.45, 7) is 8.77. The Morgan fingerprint density at radius 1 is 1.11 bits per heavy atom. The maximum atomic E-state index is 14.5. The van der Waals surface area contributed by atoms with Crippen LogP contribution in [0.2, 0.25) is 5.02 Å². The van der Waals surface area contributed by atoms with Crippen molar-refractivity contribution < 1.29 is 42.1 Å². The predicted octanol–water partition coefficient (Wildman–Crippen LogP) is 9.34. The van der Waals surface area contributed by atoms with E-state index in [1.54, 1.807) is 18.1 Å². The zero-order valence-corrected chi connectivity index (χ0v) is 32.4. The van der Waals surface area contributed by atoms with Gasteiger partial charge in [0.05, 0.1) is 28.8 Å². The molecule has 12 heteroatoms. The van der Waals surface area contributed by atoms with E-state index in [0.29, 0.717) is 75.6 Å². The van der Waals surface area contributed by atoms with E-state index in [1.165, 1.54) is 12.1 Å². The lowest BCUT2D eigenvalue weighted by Crippen LogP contribution is -2.56. The van der Waals surface area contributed by atoms with Crippen molar-refractivity contribution in [3.63, 3.8) is 0 Å². The van der Waals surface area contributed by atoms with Gasteiger partial charge < -0.3 is 29.6 Å². The van der Waals surface area contributed by atoms with Gasteiger partial charge in [0.25, 0.3) is 0 Å². The maximum Gasteiger partial charge on any atom is 0.416 e. The number of carbonyl (C=O) groups is 2. The summed E-state index contributed by atoms with van der Waals surface area (Å²) in [6, 6.07) is 11.0. The van der Waals surface area contributed by atoms with E-state index in [-0.39, 0.29) is 46.6 Å². The number of aliphatic hydroxyl groups is 2. The highest BCUT2D eigenvalue weighted by Gasteiger charge is 2.57. The summed E-state index contributed by atoms with van der Waals surface area (Å²) in [5.41, 5.74) is -0.117. The van der Waals surface area contributed by atoms with Crippen molar-refractivity contribution in [2.24, 2.45) is 5.41 Å². The highest BCUT2D eigenvalue weighted by atomic mass is 35.5. The number of ketones is 1. The number of nitrogens with zero attached hydrogens (tertiary/aromatic N) is 1. The molecule has 3 aliphatic carbocycles. The number of urea groups is 1. The van der Waals surface area contributed by atoms with Crippen LogP contribution >= 0.6 is 11.6 Å². The van der Waals surface area contributed by atoms with E-state index < -0.39 is 34.6 Å². The molecule has 1 aromatic heterocycles. The standard InChI is InChI=1S/C42H52ClF3N2O6/c1-26(2)47-39(51)48(20-7-21-53-5)25-41(52)19-17-34-31-13-10-28(22-30(49)12-9-27(3)8-6-18-40(34,41)4)23-32(31)38(50)37-16-15-36(54-37)33-24-29(42(44,45)46)11-14-35(33)43/h8,10-11,13-16,23-24,26,30,34,49,52H,6-7,9,12,17-22,25H2,1-5H3,(H,47,51)/t30-,34-,40-,41+/m0/s1. The Morgan fingerprint density at radius 3 is 2.57 bits per heavy atom. The third kappa shape index (κ3) is 9.24. The van der Waals surface area contributed by atoms with E-state index in [4.69, 9.17) is 20.8 Å². The normalized spacial score (nSPS) is 23.5. The van der Waals surface area contributed by atoms with Crippen LogP contribution in [0.15, 0.2) is 64.6 Å². The van der Waals surface area contributed by atoms with Gasteiger partial charge in [-0.1, -0.05) is 42.3 Å². The number of carbonyl (C=O) groups excluding carboxylic acids is 2. The molecule has 2 amide bonds. The molecule has 294 valence electrons. The number of amides is 2. The monoisotopic (exact) mass is 772 g/mol. The summed E-state index contributed by atoms with van der Waals surface area (Å²) in [6.07, 6.45) is 1.10. The minimum absolute atomic E-state index is 0.00503. The SMILES string of the molecule is COCCCN(C[C@]1(O)CC[C@H]2c3ccc(cc3C(=O)c3ccc(-c4cc(C(F)(F)F)ccc4Cl)o3)C[C@@H](O)CCC(C)=CCC[C@@]21C)C(=O)NC(C)C. The van der Waals surface area contributed by atoms with Gasteiger partial charge in [0.2, 0.25) is 5.78 Å². The lowest BCUT2D eigenvalue weighted by atomic mass is 9.64. The molecule has 54 heavy (non-hydrogen) atoms. The number of hydrogen-bond acceptors (Lipinski definition) is 6. The van der Waals surface area contributed by atoms with Gasteiger partial charge in [0.1, 0.15) is 5.76 Å². The van der Waals surface area contributed by atoms with Crippen LogP contribution in [0.25, 0.3) is 11.3 Å². The number of alkyl halides is 3. The number of hydrogen-bond donors (Lipinski definition) is 3. The Balaban J connectivity index is 1.59. The molecule has 1 heterocycles. The second kappa shape index (κ2) is 17.0. The third-order valence-electron chi connectivity index (χ3n) is 11.2. The summed E-state index contributed by atoms with van der Waals surface area (Å²) >= 11 is 6.31. The van der Waals surface area contributed by atoms with Gasteiger partial charge in [0, 0.05) is 42.8 Å². The van der Waals surface area contributed by atoms with Gasteiger partial charge in [-0.25, -0.2) is 4.79 Å². The zero-order chi connectivity index (χ0) is 39.4. The lowest BCUT2D eigenvalue weighted by molar-refractivity contribution is -0.137. The molecule has 3 aromatic rings. The molecule has 4 atom stereocenters. The van der Waals surface area contributed by atoms with Crippen LogP contribution in [0, 0.1) is 5.41 Å². The van der Waals surface area contributed by atoms with Gasteiger partial charge >= 0.3 is 12.2 Å². The Labute approximate surface area is 320 Å². The first-order valence-corrected chi connectivity index (χ1v) is 19.1. The van der Waals surface area contributed by atoms with Crippen LogP contribution in [-0.2, 0) is 17.3 Å². The number of benzene rings is 2. The fraction of sp³-hybridized carbons (Fsp3) is 0.524. The number of furan rings is 1. The first kappa shape index (κ1) is 41.5. The molecule has 1 saturated carbocycles. The number of methoxy groups -OCH3 is 1. The van der Waals surface area contributed by atoms with Gasteiger partial charge in [-0.2, -0.15) is 13.2 Å². The Bertz CT molecular complexity index is 1840. The molecule has 2 bridgehead atoms. The highest BCUT2D eigenvalue weighted by molar-refractivity contribution is 6.33. The van der Waals surface area contributed by atoms with Crippen LogP contribution in [-0.4, -0.2) is 71.5 Å².